The second-order valence-electron chi connectivity index (χ2n) is 6.90. The maximum absolute atomic E-state index is 12.2. The Labute approximate surface area is 172 Å². The lowest BCUT2D eigenvalue weighted by Gasteiger charge is -2.10. The Bertz CT molecular complexity index is 865. The van der Waals surface area contributed by atoms with E-state index >= 15 is 0 Å². The van der Waals surface area contributed by atoms with Crippen molar-refractivity contribution in [3.05, 3.63) is 57.6 Å². The molecule has 0 aliphatic heterocycles. The van der Waals surface area contributed by atoms with Gasteiger partial charge < -0.3 is 10.6 Å². The predicted octanol–water partition coefficient (Wildman–Crippen LogP) is 4.82. The van der Waals surface area contributed by atoms with Gasteiger partial charge in [0.2, 0.25) is 11.8 Å². The van der Waals surface area contributed by atoms with E-state index in [9.17, 15) is 9.59 Å². The summed E-state index contributed by atoms with van der Waals surface area (Å²) in [6.45, 7) is 4.54. The van der Waals surface area contributed by atoms with Crippen molar-refractivity contribution in [2.75, 3.05) is 11.1 Å². The highest BCUT2D eigenvalue weighted by atomic mass is 79.9. The molecule has 2 amide bonds. The van der Waals surface area contributed by atoms with Crippen LogP contribution < -0.4 is 10.6 Å². The molecule has 0 radical (unpaired) electrons. The van der Waals surface area contributed by atoms with Crippen molar-refractivity contribution in [2.24, 2.45) is 5.92 Å². The number of anilines is 1. The number of rotatable bonds is 7. The molecule has 0 aromatic heterocycles. The van der Waals surface area contributed by atoms with Crippen molar-refractivity contribution in [3.8, 4) is 0 Å². The molecule has 2 N–H and O–H groups in total. The van der Waals surface area contributed by atoms with E-state index in [1.807, 2.05) is 38.1 Å². The molecule has 6 heteroatoms. The van der Waals surface area contributed by atoms with Crippen LogP contribution in [0.3, 0.4) is 0 Å². The number of aryl methyl sites for hydroxylation is 2. The Morgan fingerprint density at radius 1 is 1.15 bits per heavy atom. The molecule has 4 nitrogen and oxygen atoms in total. The van der Waals surface area contributed by atoms with Crippen LogP contribution in [-0.2, 0) is 16.1 Å². The van der Waals surface area contributed by atoms with E-state index < -0.39 is 0 Å². The first-order valence-electron chi connectivity index (χ1n) is 8.98. The molecule has 2 aromatic rings. The highest BCUT2D eigenvalue weighted by Crippen LogP contribution is 2.30. The Morgan fingerprint density at radius 3 is 2.67 bits per heavy atom. The largest absolute Gasteiger partial charge is 0.351 e. The second kappa shape index (κ2) is 8.93. The second-order valence-corrected chi connectivity index (χ2v) is 8.77. The van der Waals surface area contributed by atoms with Gasteiger partial charge in [-0.3, -0.25) is 9.59 Å². The van der Waals surface area contributed by atoms with Crippen molar-refractivity contribution in [1.82, 2.24) is 5.32 Å². The molecule has 3 rings (SSSR count). The number of hydrogen-bond acceptors (Lipinski definition) is 3. The summed E-state index contributed by atoms with van der Waals surface area (Å²) in [5, 5.41) is 5.88. The minimum atomic E-state index is -0.00705. The molecule has 1 aliphatic rings. The lowest BCUT2D eigenvalue weighted by Crippen LogP contribution is -2.24. The number of halogens is 1. The molecule has 0 bridgehead atoms. The first-order valence-corrected chi connectivity index (χ1v) is 10.8. The van der Waals surface area contributed by atoms with E-state index in [2.05, 4.69) is 38.7 Å². The van der Waals surface area contributed by atoms with Gasteiger partial charge in [0.25, 0.3) is 0 Å². The summed E-state index contributed by atoms with van der Waals surface area (Å²) in [5.41, 5.74) is 4.07. The van der Waals surface area contributed by atoms with Gasteiger partial charge in [-0.1, -0.05) is 28.1 Å². The number of benzene rings is 2. The van der Waals surface area contributed by atoms with Gasteiger partial charge >= 0.3 is 0 Å². The van der Waals surface area contributed by atoms with Gasteiger partial charge in [0.1, 0.15) is 0 Å². The van der Waals surface area contributed by atoms with Crippen LogP contribution in [0.5, 0.6) is 0 Å². The normalized spacial score (nSPS) is 13.3. The number of carbonyl (C=O) groups excluding carboxylic acids is 2. The van der Waals surface area contributed by atoms with Crippen molar-refractivity contribution in [1.29, 1.82) is 0 Å². The first kappa shape index (κ1) is 20.0. The number of amides is 2. The Balaban J connectivity index is 1.49. The van der Waals surface area contributed by atoms with Crippen molar-refractivity contribution in [2.45, 2.75) is 38.1 Å². The molecule has 0 saturated heterocycles. The third-order valence-corrected chi connectivity index (χ3v) is 6.46. The highest BCUT2D eigenvalue weighted by Gasteiger charge is 2.29. The minimum absolute atomic E-state index is 0.00705. The number of hydrogen-bond donors (Lipinski definition) is 2. The molecule has 142 valence electrons. The quantitative estimate of drug-likeness (QED) is 0.599. The van der Waals surface area contributed by atoms with Crippen LogP contribution in [0, 0.1) is 19.8 Å². The molecule has 2 aromatic carbocycles. The van der Waals surface area contributed by atoms with Gasteiger partial charge in [0.05, 0.1) is 5.75 Å². The standard InChI is InChI=1S/C21H23BrN2O2S/c1-13-9-19(14(2)8-18(13)22)27-12-20(25)23-11-15-4-3-5-17(10-15)24-21(26)16-6-7-16/h3-5,8-10,16H,6-7,11-12H2,1-2H3,(H,23,25)(H,24,26). The molecule has 1 saturated carbocycles. The van der Waals surface area contributed by atoms with Gasteiger partial charge in [0, 0.05) is 27.5 Å². The van der Waals surface area contributed by atoms with Crippen LogP contribution >= 0.6 is 27.7 Å². The number of nitrogens with one attached hydrogen (secondary N) is 2. The van der Waals surface area contributed by atoms with Crippen molar-refractivity contribution >= 4 is 45.2 Å². The summed E-state index contributed by atoms with van der Waals surface area (Å²) < 4.78 is 1.09. The number of thioether (sulfide) groups is 1. The summed E-state index contributed by atoms with van der Waals surface area (Å²) in [7, 11) is 0. The third kappa shape index (κ3) is 5.84. The fourth-order valence-corrected chi connectivity index (χ4v) is 4.05. The van der Waals surface area contributed by atoms with Gasteiger partial charge in [-0.15, -0.1) is 11.8 Å². The zero-order chi connectivity index (χ0) is 19.4. The maximum Gasteiger partial charge on any atom is 0.230 e. The van der Waals surface area contributed by atoms with Crippen molar-refractivity contribution in [3.63, 3.8) is 0 Å². The Hall–Kier alpha value is -1.79. The topological polar surface area (TPSA) is 58.2 Å². The lowest BCUT2D eigenvalue weighted by atomic mass is 10.2. The van der Waals surface area contributed by atoms with E-state index in [0.29, 0.717) is 12.3 Å². The lowest BCUT2D eigenvalue weighted by molar-refractivity contribution is -0.119. The molecule has 0 atom stereocenters. The summed E-state index contributed by atoms with van der Waals surface area (Å²) in [4.78, 5) is 25.2. The summed E-state index contributed by atoms with van der Waals surface area (Å²) >= 11 is 5.07. The van der Waals surface area contributed by atoms with Crippen LogP contribution in [-0.4, -0.2) is 17.6 Å². The molecular formula is C21H23BrN2O2S. The third-order valence-electron chi connectivity index (χ3n) is 4.45. The minimum Gasteiger partial charge on any atom is -0.351 e. The Morgan fingerprint density at radius 2 is 1.93 bits per heavy atom. The van der Waals surface area contributed by atoms with E-state index in [1.54, 1.807) is 11.8 Å². The highest BCUT2D eigenvalue weighted by molar-refractivity contribution is 9.10. The van der Waals surface area contributed by atoms with E-state index in [4.69, 9.17) is 0 Å². The Kier molecular flexibility index (Phi) is 6.60. The van der Waals surface area contributed by atoms with Crippen LogP contribution in [0.15, 0.2) is 45.8 Å². The molecule has 27 heavy (non-hydrogen) atoms. The van der Waals surface area contributed by atoms with E-state index in [1.165, 1.54) is 0 Å². The summed E-state index contributed by atoms with van der Waals surface area (Å²) in [6.07, 6.45) is 1.97. The van der Waals surface area contributed by atoms with Gasteiger partial charge in [-0.2, -0.15) is 0 Å². The van der Waals surface area contributed by atoms with Gasteiger partial charge in [-0.25, -0.2) is 0 Å². The average molecular weight is 447 g/mol. The van der Waals surface area contributed by atoms with E-state index in [-0.39, 0.29) is 17.7 Å². The van der Waals surface area contributed by atoms with Crippen molar-refractivity contribution < 1.29 is 9.59 Å². The average Bonchev–Trinajstić information content (AvgIpc) is 3.47. The van der Waals surface area contributed by atoms with E-state index in [0.717, 1.165) is 44.6 Å². The monoisotopic (exact) mass is 446 g/mol. The first-order chi connectivity index (χ1) is 12.9. The zero-order valence-corrected chi connectivity index (χ0v) is 17.9. The molecule has 0 heterocycles. The van der Waals surface area contributed by atoms with Gasteiger partial charge in [-0.05, 0) is 67.6 Å². The smallest absolute Gasteiger partial charge is 0.230 e. The molecule has 0 unspecified atom stereocenters. The maximum atomic E-state index is 12.2. The fraction of sp³-hybridized carbons (Fsp3) is 0.333. The summed E-state index contributed by atoms with van der Waals surface area (Å²) in [6, 6.07) is 11.8. The fourth-order valence-electron chi connectivity index (χ4n) is 2.65. The van der Waals surface area contributed by atoms with Crippen LogP contribution in [0.25, 0.3) is 0 Å². The molecule has 0 spiro atoms. The SMILES string of the molecule is Cc1cc(SCC(=O)NCc2cccc(NC(=O)C3CC3)c2)c(C)cc1Br. The number of carbonyl (C=O) groups is 2. The van der Waals surface area contributed by atoms with Gasteiger partial charge in [0.15, 0.2) is 0 Å². The van der Waals surface area contributed by atoms with Crippen LogP contribution in [0.2, 0.25) is 0 Å². The van der Waals surface area contributed by atoms with Crippen LogP contribution in [0.1, 0.15) is 29.5 Å². The predicted molar refractivity (Wildman–Crippen MR) is 114 cm³/mol. The molecule has 1 aliphatic carbocycles. The molecular weight excluding hydrogens is 424 g/mol. The summed E-state index contributed by atoms with van der Waals surface area (Å²) in [5.74, 6) is 0.635. The molecule has 1 fully saturated rings. The zero-order valence-electron chi connectivity index (χ0n) is 15.5. The van der Waals surface area contributed by atoms with Crippen LogP contribution in [0.4, 0.5) is 5.69 Å².